The maximum absolute atomic E-state index is 12.3. The van der Waals surface area contributed by atoms with Crippen molar-refractivity contribution in [3.05, 3.63) is 0 Å². The first-order valence-corrected chi connectivity index (χ1v) is 7.27. The normalized spacial score (nSPS) is 25.9. The summed E-state index contributed by atoms with van der Waals surface area (Å²) in [5.41, 5.74) is 0. The van der Waals surface area contributed by atoms with E-state index in [2.05, 4.69) is 5.32 Å². The molecule has 20 heavy (non-hydrogen) atoms. The van der Waals surface area contributed by atoms with E-state index in [1.165, 1.54) is 0 Å². The van der Waals surface area contributed by atoms with E-state index in [1.807, 2.05) is 4.90 Å². The number of likely N-dealkylation sites (tertiary alicyclic amines) is 1. The molecule has 2 fully saturated rings. The Kier molecular flexibility index (Phi) is 4.62. The second kappa shape index (κ2) is 6.24. The molecule has 112 valence electrons. The van der Waals surface area contributed by atoms with Gasteiger partial charge in [0.15, 0.2) is 0 Å². The highest BCUT2D eigenvalue weighted by Gasteiger charge is 2.33. The Morgan fingerprint density at radius 3 is 2.45 bits per heavy atom. The van der Waals surface area contributed by atoms with Gasteiger partial charge in [0.05, 0.1) is 11.8 Å². The zero-order chi connectivity index (χ0) is 14.7. The number of carboxylic acids is 1. The first kappa shape index (κ1) is 14.8. The fourth-order valence-corrected chi connectivity index (χ4v) is 3.02. The fourth-order valence-electron chi connectivity index (χ4n) is 3.02. The number of carboxylic acid groups (broad SMARTS) is 1. The number of carbonyl (C=O) groups excluding carboxylic acids is 2. The summed E-state index contributed by atoms with van der Waals surface area (Å²) in [5.74, 6) is -0.941. The molecule has 2 saturated heterocycles. The van der Waals surface area contributed by atoms with Crippen LogP contribution in [-0.2, 0) is 14.4 Å². The first-order chi connectivity index (χ1) is 9.49. The number of nitrogens with zero attached hydrogens (tertiary/aromatic N) is 1. The molecule has 2 heterocycles. The topological polar surface area (TPSA) is 86.7 Å². The lowest BCUT2D eigenvalue weighted by molar-refractivity contribution is -0.144. The lowest BCUT2D eigenvalue weighted by atomic mass is 9.85. The largest absolute Gasteiger partial charge is 0.481 e. The van der Waals surface area contributed by atoms with Gasteiger partial charge in [-0.15, -0.1) is 0 Å². The van der Waals surface area contributed by atoms with Crippen LogP contribution in [0, 0.1) is 17.8 Å². The second-order valence-corrected chi connectivity index (χ2v) is 5.83. The van der Waals surface area contributed by atoms with E-state index in [9.17, 15) is 14.4 Å². The van der Waals surface area contributed by atoms with Gasteiger partial charge in [-0.05, 0) is 25.2 Å². The predicted octanol–water partition coefficient (Wildman–Crippen LogP) is 0.472. The Labute approximate surface area is 118 Å². The smallest absolute Gasteiger partial charge is 0.306 e. The molecule has 2 amide bonds. The van der Waals surface area contributed by atoms with Crippen molar-refractivity contribution in [1.82, 2.24) is 10.2 Å². The van der Waals surface area contributed by atoms with Crippen molar-refractivity contribution in [1.29, 1.82) is 0 Å². The maximum atomic E-state index is 12.3. The van der Waals surface area contributed by atoms with E-state index in [-0.39, 0.29) is 29.6 Å². The number of hydrogen-bond donors (Lipinski definition) is 2. The Morgan fingerprint density at radius 1 is 1.30 bits per heavy atom. The summed E-state index contributed by atoms with van der Waals surface area (Å²) in [6.45, 7) is 3.43. The second-order valence-electron chi connectivity index (χ2n) is 5.83. The number of nitrogens with one attached hydrogen (secondary N) is 1. The summed E-state index contributed by atoms with van der Waals surface area (Å²) in [6.07, 6.45) is 2.54. The Bertz CT molecular complexity index is 392. The molecule has 0 aromatic rings. The summed E-state index contributed by atoms with van der Waals surface area (Å²) in [5, 5.41) is 11.7. The van der Waals surface area contributed by atoms with Crippen LogP contribution in [-0.4, -0.2) is 47.4 Å². The lowest BCUT2D eigenvalue weighted by Crippen LogP contribution is -2.48. The van der Waals surface area contributed by atoms with Crippen LogP contribution in [0.2, 0.25) is 0 Å². The van der Waals surface area contributed by atoms with Gasteiger partial charge >= 0.3 is 5.97 Å². The minimum absolute atomic E-state index is 0.0167. The van der Waals surface area contributed by atoms with E-state index in [0.717, 1.165) is 12.8 Å². The van der Waals surface area contributed by atoms with Crippen LogP contribution in [0.5, 0.6) is 0 Å². The molecule has 1 unspecified atom stereocenters. The molecular weight excluding hydrogens is 260 g/mol. The van der Waals surface area contributed by atoms with Gasteiger partial charge in [-0.1, -0.05) is 6.92 Å². The van der Waals surface area contributed by atoms with Gasteiger partial charge in [0.25, 0.3) is 0 Å². The van der Waals surface area contributed by atoms with Crippen LogP contribution in [0.25, 0.3) is 0 Å². The molecule has 0 aromatic heterocycles. The molecule has 2 rings (SSSR count). The van der Waals surface area contributed by atoms with Gasteiger partial charge in [-0.25, -0.2) is 0 Å². The average molecular weight is 282 g/mol. The van der Waals surface area contributed by atoms with E-state index < -0.39 is 5.97 Å². The maximum Gasteiger partial charge on any atom is 0.306 e. The summed E-state index contributed by atoms with van der Waals surface area (Å²) in [7, 11) is 0. The van der Waals surface area contributed by atoms with Gasteiger partial charge in [0.1, 0.15) is 0 Å². The third kappa shape index (κ3) is 3.29. The Balaban J connectivity index is 1.83. The molecule has 0 spiro atoms. The van der Waals surface area contributed by atoms with Crippen LogP contribution in [0.1, 0.15) is 32.6 Å². The number of rotatable bonds is 3. The third-order valence-electron chi connectivity index (χ3n) is 4.56. The third-order valence-corrected chi connectivity index (χ3v) is 4.56. The zero-order valence-corrected chi connectivity index (χ0v) is 11.8. The fraction of sp³-hybridized carbons (Fsp3) is 0.786. The highest BCUT2D eigenvalue weighted by atomic mass is 16.4. The van der Waals surface area contributed by atoms with Crippen LogP contribution in [0.3, 0.4) is 0 Å². The van der Waals surface area contributed by atoms with Gasteiger partial charge in [-0.2, -0.15) is 0 Å². The lowest BCUT2D eigenvalue weighted by Gasteiger charge is -2.36. The van der Waals surface area contributed by atoms with Crippen LogP contribution in [0.15, 0.2) is 0 Å². The van der Waals surface area contributed by atoms with Crippen molar-refractivity contribution >= 4 is 17.8 Å². The molecule has 0 saturated carbocycles. The summed E-state index contributed by atoms with van der Waals surface area (Å²) in [6, 6.07) is 0. The van der Waals surface area contributed by atoms with Crippen LogP contribution >= 0.6 is 0 Å². The number of hydrogen-bond acceptors (Lipinski definition) is 3. The van der Waals surface area contributed by atoms with Gasteiger partial charge in [-0.3, -0.25) is 14.4 Å². The molecule has 2 aliphatic rings. The molecule has 0 bridgehead atoms. The number of carbonyl (C=O) groups is 3. The van der Waals surface area contributed by atoms with Gasteiger partial charge in [0.2, 0.25) is 11.8 Å². The quantitative estimate of drug-likeness (QED) is 0.788. The first-order valence-electron chi connectivity index (χ1n) is 7.27. The number of amides is 2. The van der Waals surface area contributed by atoms with Crippen molar-refractivity contribution in [2.75, 3.05) is 19.6 Å². The highest BCUT2D eigenvalue weighted by Crippen LogP contribution is 2.26. The molecular formula is C14H22N2O4. The SMILES string of the molecule is CC(C(=O)O)C1CCN(C(=O)[C@@H]2CCC(=O)NC2)CC1. The summed E-state index contributed by atoms with van der Waals surface area (Å²) >= 11 is 0. The van der Waals surface area contributed by atoms with Crippen LogP contribution < -0.4 is 5.32 Å². The molecule has 6 nitrogen and oxygen atoms in total. The van der Waals surface area contributed by atoms with E-state index in [1.54, 1.807) is 6.92 Å². The molecule has 0 radical (unpaired) electrons. The van der Waals surface area contributed by atoms with Crippen molar-refractivity contribution in [3.8, 4) is 0 Å². The standard InChI is InChI=1S/C14H22N2O4/c1-9(14(19)20)10-4-6-16(7-5-10)13(18)11-2-3-12(17)15-8-11/h9-11H,2-8H2,1H3,(H,15,17)(H,19,20)/t9?,11-/m1/s1. The monoisotopic (exact) mass is 282 g/mol. The Hall–Kier alpha value is -1.59. The number of piperidine rings is 2. The predicted molar refractivity (Wildman–Crippen MR) is 71.8 cm³/mol. The van der Waals surface area contributed by atoms with E-state index >= 15 is 0 Å². The number of aliphatic carboxylic acids is 1. The zero-order valence-electron chi connectivity index (χ0n) is 11.8. The molecule has 2 atom stereocenters. The van der Waals surface area contributed by atoms with Crippen molar-refractivity contribution in [2.45, 2.75) is 32.6 Å². The minimum atomic E-state index is -0.759. The van der Waals surface area contributed by atoms with E-state index in [4.69, 9.17) is 5.11 Å². The Morgan fingerprint density at radius 2 is 1.95 bits per heavy atom. The average Bonchev–Trinajstić information content (AvgIpc) is 2.46. The molecule has 2 N–H and O–H groups in total. The van der Waals surface area contributed by atoms with Crippen LogP contribution in [0.4, 0.5) is 0 Å². The minimum Gasteiger partial charge on any atom is -0.481 e. The van der Waals surface area contributed by atoms with Gasteiger partial charge < -0.3 is 15.3 Å². The highest BCUT2D eigenvalue weighted by molar-refractivity contribution is 5.83. The molecule has 0 aliphatic carbocycles. The van der Waals surface area contributed by atoms with Crippen molar-refractivity contribution in [2.24, 2.45) is 17.8 Å². The summed E-state index contributed by atoms with van der Waals surface area (Å²) < 4.78 is 0. The van der Waals surface area contributed by atoms with E-state index in [0.29, 0.717) is 32.5 Å². The van der Waals surface area contributed by atoms with Crippen molar-refractivity contribution in [3.63, 3.8) is 0 Å². The molecule has 0 aromatic carbocycles. The molecule has 6 heteroatoms. The molecule has 2 aliphatic heterocycles. The van der Waals surface area contributed by atoms with Crippen molar-refractivity contribution < 1.29 is 19.5 Å². The summed E-state index contributed by atoms with van der Waals surface area (Å²) in [4.78, 5) is 36.2. The van der Waals surface area contributed by atoms with Gasteiger partial charge in [0, 0.05) is 26.1 Å².